The number of nitro groups is 1. The second-order valence-electron chi connectivity index (χ2n) is 10.6. The monoisotopic (exact) mass is 684 g/mol. The summed E-state index contributed by atoms with van der Waals surface area (Å²) in [5.74, 6) is -0.315. The lowest BCUT2D eigenvalue weighted by atomic mass is 10.1. The zero-order valence-electron chi connectivity index (χ0n) is 27.6. The number of nitrogens with zero attached hydrogens (tertiary/aromatic N) is 1. The minimum absolute atomic E-state index is 0.0562. The van der Waals surface area contributed by atoms with Crippen molar-refractivity contribution < 1.29 is 33.5 Å². The van der Waals surface area contributed by atoms with E-state index in [-0.39, 0.29) is 17.3 Å². The highest BCUT2D eigenvalue weighted by atomic mass is 32.2. The Morgan fingerprint density at radius 3 is 2.18 bits per heavy atom. The molecular formula is C36H36N4O8S. The summed E-state index contributed by atoms with van der Waals surface area (Å²) in [6.07, 6.45) is 1.96. The van der Waals surface area contributed by atoms with Crippen molar-refractivity contribution in [3.8, 4) is 17.2 Å². The van der Waals surface area contributed by atoms with Gasteiger partial charge in [-0.3, -0.25) is 24.5 Å². The Morgan fingerprint density at radius 1 is 0.878 bits per heavy atom. The summed E-state index contributed by atoms with van der Waals surface area (Å²) in [7, 11) is 4.43. The van der Waals surface area contributed by atoms with E-state index in [1.807, 2.05) is 6.92 Å². The molecule has 0 radical (unpaired) electrons. The van der Waals surface area contributed by atoms with Crippen molar-refractivity contribution in [1.29, 1.82) is 0 Å². The van der Waals surface area contributed by atoms with Gasteiger partial charge in [0.15, 0.2) is 11.5 Å². The summed E-state index contributed by atoms with van der Waals surface area (Å²) in [4.78, 5) is 51.5. The zero-order valence-corrected chi connectivity index (χ0v) is 28.4. The number of hydrogen-bond acceptors (Lipinski definition) is 9. The van der Waals surface area contributed by atoms with E-state index in [4.69, 9.17) is 14.2 Å². The molecule has 0 spiro atoms. The van der Waals surface area contributed by atoms with Crippen LogP contribution in [0.3, 0.4) is 0 Å². The Kier molecular flexibility index (Phi) is 12.4. The second kappa shape index (κ2) is 16.8. The Hall–Kier alpha value is -5.82. The number of amides is 3. The Bertz CT molecular complexity index is 1860. The van der Waals surface area contributed by atoms with Gasteiger partial charge in [-0.05, 0) is 73.0 Å². The van der Waals surface area contributed by atoms with Crippen LogP contribution in [0.4, 0.5) is 17.1 Å². The molecule has 12 nitrogen and oxygen atoms in total. The predicted octanol–water partition coefficient (Wildman–Crippen LogP) is 6.85. The van der Waals surface area contributed by atoms with Crippen molar-refractivity contribution in [2.45, 2.75) is 30.4 Å². The van der Waals surface area contributed by atoms with Gasteiger partial charge >= 0.3 is 0 Å². The average Bonchev–Trinajstić information content (AvgIpc) is 3.10. The molecule has 0 aliphatic carbocycles. The first-order chi connectivity index (χ1) is 23.6. The molecule has 49 heavy (non-hydrogen) atoms. The molecule has 3 amide bonds. The fourth-order valence-electron chi connectivity index (χ4n) is 4.70. The number of hydrogen-bond donors (Lipinski definition) is 3. The molecule has 4 aromatic rings. The molecule has 4 aromatic carbocycles. The molecule has 1 unspecified atom stereocenters. The summed E-state index contributed by atoms with van der Waals surface area (Å²) in [5.41, 5.74) is 2.15. The first-order valence-electron chi connectivity index (χ1n) is 15.1. The van der Waals surface area contributed by atoms with E-state index in [0.29, 0.717) is 56.6 Å². The summed E-state index contributed by atoms with van der Waals surface area (Å²) in [5, 5.41) is 19.1. The number of ether oxygens (including phenoxy) is 3. The molecule has 0 bridgehead atoms. The standard InChI is InChI=1S/C36H36N4O8S/c1-6-32(36(43)38-28-21-26(40(44)45)16-15-22(28)2)49-27-14-10-13-25(20-27)37-35(42)29(39-34(41)24-11-8-7-9-12-24)17-23-18-30(46-3)33(48-5)31(19-23)47-4/h7-21,32H,6H2,1-5H3,(H,37,42)(H,38,43)(H,39,41)/b29-17+. The lowest BCUT2D eigenvalue weighted by Crippen LogP contribution is -2.30. The molecule has 4 rings (SSSR count). The Morgan fingerprint density at radius 2 is 1.57 bits per heavy atom. The normalized spacial score (nSPS) is 11.6. The quantitative estimate of drug-likeness (QED) is 0.0559. The number of nitro benzene ring substituents is 1. The number of rotatable bonds is 14. The van der Waals surface area contributed by atoms with Crippen LogP contribution in [0.25, 0.3) is 6.08 Å². The third kappa shape index (κ3) is 9.39. The van der Waals surface area contributed by atoms with E-state index >= 15 is 0 Å². The molecule has 0 saturated carbocycles. The smallest absolute Gasteiger partial charge is 0.272 e. The van der Waals surface area contributed by atoms with Crippen LogP contribution in [0.5, 0.6) is 17.2 Å². The van der Waals surface area contributed by atoms with E-state index < -0.39 is 22.0 Å². The molecule has 1 atom stereocenters. The van der Waals surface area contributed by atoms with Gasteiger partial charge in [-0.1, -0.05) is 37.3 Å². The van der Waals surface area contributed by atoms with Gasteiger partial charge in [0, 0.05) is 28.3 Å². The van der Waals surface area contributed by atoms with Gasteiger partial charge < -0.3 is 30.2 Å². The highest BCUT2D eigenvalue weighted by Gasteiger charge is 2.21. The van der Waals surface area contributed by atoms with Crippen LogP contribution in [-0.4, -0.2) is 49.2 Å². The van der Waals surface area contributed by atoms with Crippen LogP contribution >= 0.6 is 11.8 Å². The molecule has 0 aliphatic rings. The van der Waals surface area contributed by atoms with Gasteiger partial charge in [0.05, 0.1) is 37.2 Å². The summed E-state index contributed by atoms with van der Waals surface area (Å²) >= 11 is 1.28. The number of nitrogens with one attached hydrogen (secondary N) is 3. The SMILES string of the molecule is CCC(Sc1cccc(NC(=O)/C(=C\c2cc(OC)c(OC)c(OC)c2)NC(=O)c2ccccc2)c1)C(=O)Nc1cc([N+](=O)[O-])ccc1C. The number of thioether (sulfide) groups is 1. The van der Waals surface area contributed by atoms with Gasteiger partial charge in [0.25, 0.3) is 17.5 Å². The first kappa shape index (κ1) is 36.0. The number of aryl methyl sites for hydroxylation is 1. The third-order valence-electron chi connectivity index (χ3n) is 7.25. The van der Waals surface area contributed by atoms with E-state index in [2.05, 4.69) is 16.0 Å². The van der Waals surface area contributed by atoms with Crippen molar-refractivity contribution in [3.05, 3.63) is 117 Å². The maximum atomic E-state index is 13.7. The Balaban J connectivity index is 1.58. The topological polar surface area (TPSA) is 158 Å². The fraction of sp³-hybridized carbons (Fsp3) is 0.194. The number of non-ortho nitro benzene ring substituents is 1. The number of carbonyl (C=O) groups excluding carboxylic acids is 3. The number of anilines is 2. The number of methoxy groups -OCH3 is 3. The van der Waals surface area contributed by atoms with Gasteiger partial charge in [0.1, 0.15) is 5.70 Å². The van der Waals surface area contributed by atoms with Gasteiger partial charge in [-0.2, -0.15) is 0 Å². The van der Waals surface area contributed by atoms with E-state index in [1.54, 1.807) is 79.7 Å². The highest BCUT2D eigenvalue weighted by molar-refractivity contribution is 8.00. The fourth-order valence-corrected chi connectivity index (χ4v) is 5.71. The van der Waals surface area contributed by atoms with Crippen LogP contribution < -0.4 is 30.2 Å². The largest absolute Gasteiger partial charge is 0.493 e. The van der Waals surface area contributed by atoms with E-state index in [9.17, 15) is 24.5 Å². The van der Waals surface area contributed by atoms with Crippen LogP contribution in [0, 0.1) is 17.0 Å². The molecule has 0 aromatic heterocycles. The van der Waals surface area contributed by atoms with Gasteiger partial charge in [-0.25, -0.2) is 0 Å². The molecule has 0 saturated heterocycles. The average molecular weight is 685 g/mol. The second-order valence-corrected chi connectivity index (χ2v) is 11.9. The van der Waals surface area contributed by atoms with E-state index in [1.165, 1.54) is 51.3 Å². The Labute approximate surface area is 288 Å². The predicted molar refractivity (Wildman–Crippen MR) is 189 cm³/mol. The molecule has 0 aliphatic heterocycles. The highest BCUT2D eigenvalue weighted by Crippen LogP contribution is 2.39. The maximum absolute atomic E-state index is 13.7. The molecule has 13 heteroatoms. The van der Waals surface area contributed by atoms with Gasteiger partial charge in [0.2, 0.25) is 11.7 Å². The number of benzene rings is 4. The molecule has 0 heterocycles. The zero-order chi connectivity index (χ0) is 35.5. The minimum Gasteiger partial charge on any atom is -0.493 e. The van der Waals surface area contributed by atoms with Crippen molar-refractivity contribution in [3.63, 3.8) is 0 Å². The summed E-state index contributed by atoms with van der Waals surface area (Å²) < 4.78 is 16.3. The van der Waals surface area contributed by atoms with E-state index in [0.717, 1.165) is 0 Å². The lowest BCUT2D eigenvalue weighted by molar-refractivity contribution is -0.384. The number of carbonyl (C=O) groups is 3. The van der Waals surface area contributed by atoms with Gasteiger partial charge in [-0.15, -0.1) is 11.8 Å². The summed E-state index contributed by atoms with van der Waals surface area (Å²) in [6.45, 7) is 3.62. The summed E-state index contributed by atoms with van der Waals surface area (Å²) in [6, 6.07) is 23.0. The van der Waals surface area contributed by atoms with Crippen molar-refractivity contribution in [2.75, 3.05) is 32.0 Å². The maximum Gasteiger partial charge on any atom is 0.272 e. The molecule has 3 N–H and O–H groups in total. The van der Waals surface area contributed by atoms with Crippen molar-refractivity contribution in [1.82, 2.24) is 5.32 Å². The van der Waals surface area contributed by atoms with Crippen molar-refractivity contribution >= 4 is 52.6 Å². The lowest BCUT2D eigenvalue weighted by Gasteiger charge is -2.17. The third-order valence-corrected chi connectivity index (χ3v) is 8.61. The first-order valence-corrected chi connectivity index (χ1v) is 16.0. The molecular weight excluding hydrogens is 648 g/mol. The minimum atomic E-state index is -0.605. The molecule has 0 fully saturated rings. The molecule has 254 valence electrons. The van der Waals surface area contributed by atoms with Crippen LogP contribution in [-0.2, 0) is 9.59 Å². The van der Waals surface area contributed by atoms with Crippen LogP contribution in [0.1, 0.15) is 34.8 Å². The van der Waals surface area contributed by atoms with Crippen LogP contribution in [0.2, 0.25) is 0 Å². The van der Waals surface area contributed by atoms with Crippen LogP contribution in [0.15, 0.2) is 95.5 Å². The van der Waals surface area contributed by atoms with Crippen molar-refractivity contribution in [2.24, 2.45) is 0 Å².